The monoisotopic (exact) mass is 196 g/mol. The lowest BCUT2D eigenvalue weighted by Crippen LogP contribution is -1.88. The van der Waals surface area contributed by atoms with Crippen molar-refractivity contribution in [3.63, 3.8) is 0 Å². The Bertz CT molecular complexity index is 176. The summed E-state index contributed by atoms with van der Waals surface area (Å²) in [5.74, 6) is 0. The summed E-state index contributed by atoms with van der Waals surface area (Å²) in [6.07, 6.45) is 10.3. The molecule has 0 heterocycles. The first-order valence-corrected chi connectivity index (χ1v) is 5.88. The molecule has 0 spiro atoms. The highest BCUT2D eigenvalue weighted by Gasteiger charge is 1.92. The molecular weight excluding hydrogens is 172 g/mol. The molecule has 0 amide bonds. The third-order valence-electron chi connectivity index (χ3n) is 2.28. The first kappa shape index (κ1) is 13.5. The number of hydrogen-bond donors (Lipinski definition) is 1. The Morgan fingerprint density at radius 2 is 1.86 bits per heavy atom. The molecule has 0 aromatic rings. The van der Waals surface area contributed by atoms with Crippen molar-refractivity contribution in [3.8, 4) is 0 Å². The highest BCUT2D eigenvalue weighted by molar-refractivity contribution is 5.01. The summed E-state index contributed by atoms with van der Waals surface area (Å²) in [5.41, 5.74) is 4.26. The number of rotatable bonds is 8. The van der Waals surface area contributed by atoms with Gasteiger partial charge in [-0.25, -0.2) is 0 Å². The fraction of sp³-hybridized carbons (Fsp3) is 0.769. The van der Waals surface area contributed by atoms with E-state index in [0.717, 1.165) is 24.8 Å². The fourth-order valence-corrected chi connectivity index (χ4v) is 1.30. The Morgan fingerprint density at radius 3 is 2.43 bits per heavy atom. The molecule has 82 valence electrons. The van der Waals surface area contributed by atoms with E-state index in [0.29, 0.717) is 0 Å². The van der Waals surface area contributed by atoms with Crippen LogP contribution in [0.15, 0.2) is 17.4 Å². The molecule has 0 aliphatic rings. The van der Waals surface area contributed by atoms with Gasteiger partial charge in [-0.05, 0) is 37.3 Å². The van der Waals surface area contributed by atoms with E-state index in [2.05, 4.69) is 25.7 Å². The van der Waals surface area contributed by atoms with Crippen molar-refractivity contribution in [3.05, 3.63) is 17.4 Å². The van der Waals surface area contributed by atoms with Crippen LogP contribution in [0.3, 0.4) is 0 Å². The van der Waals surface area contributed by atoms with Crippen molar-refractivity contribution in [2.24, 2.45) is 0 Å². The SMILES string of the molecule is CCCCCC=C=C(CO)CCCC. The minimum Gasteiger partial charge on any atom is -0.391 e. The maximum atomic E-state index is 9.04. The van der Waals surface area contributed by atoms with Crippen LogP contribution < -0.4 is 0 Å². The first-order valence-electron chi connectivity index (χ1n) is 5.88. The molecule has 0 rings (SSSR count). The summed E-state index contributed by atoms with van der Waals surface area (Å²) in [6, 6.07) is 0. The minimum absolute atomic E-state index is 0.171. The predicted molar refractivity (Wildman–Crippen MR) is 62.3 cm³/mol. The molecule has 0 aromatic heterocycles. The van der Waals surface area contributed by atoms with Crippen LogP contribution in [0.5, 0.6) is 0 Å². The largest absolute Gasteiger partial charge is 0.391 e. The summed E-state index contributed by atoms with van der Waals surface area (Å²) in [6.45, 7) is 4.55. The van der Waals surface area contributed by atoms with Crippen LogP contribution in [0.25, 0.3) is 0 Å². The van der Waals surface area contributed by atoms with Crippen molar-refractivity contribution in [1.82, 2.24) is 0 Å². The second-order valence-corrected chi connectivity index (χ2v) is 3.71. The van der Waals surface area contributed by atoms with Crippen LogP contribution in [0, 0.1) is 0 Å². The Morgan fingerprint density at radius 1 is 1.14 bits per heavy atom. The number of hydrogen-bond acceptors (Lipinski definition) is 1. The highest BCUT2D eigenvalue weighted by atomic mass is 16.3. The van der Waals surface area contributed by atoms with E-state index in [1.54, 1.807) is 0 Å². The van der Waals surface area contributed by atoms with Gasteiger partial charge in [0.2, 0.25) is 0 Å². The maximum Gasteiger partial charge on any atom is 0.0715 e. The van der Waals surface area contributed by atoms with Crippen LogP contribution in [-0.4, -0.2) is 11.7 Å². The molecule has 0 bridgehead atoms. The van der Waals surface area contributed by atoms with Crippen LogP contribution in [0.1, 0.15) is 58.8 Å². The third-order valence-corrected chi connectivity index (χ3v) is 2.28. The van der Waals surface area contributed by atoms with E-state index in [4.69, 9.17) is 5.11 Å². The van der Waals surface area contributed by atoms with E-state index in [1.165, 1.54) is 25.7 Å². The highest BCUT2D eigenvalue weighted by Crippen LogP contribution is 2.05. The molecule has 0 fully saturated rings. The Labute approximate surface area is 88.5 Å². The Balaban J connectivity index is 3.75. The molecule has 1 heteroatoms. The Hall–Kier alpha value is -0.520. The van der Waals surface area contributed by atoms with Gasteiger partial charge in [-0.3, -0.25) is 0 Å². The molecule has 1 N–H and O–H groups in total. The molecule has 14 heavy (non-hydrogen) atoms. The molecular formula is C13H24O. The van der Waals surface area contributed by atoms with Gasteiger partial charge in [0.15, 0.2) is 0 Å². The van der Waals surface area contributed by atoms with E-state index in [9.17, 15) is 0 Å². The zero-order valence-electron chi connectivity index (χ0n) is 9.68. The average Bonchev–Trinajstić information content (AvgIpc) is 2.22. The van der Waals surface area contributed by atoms with Gasteiger partial charge in [-0.2, -0.15) is 0 Å². The van der Waals surface area contributed by atoms with Gasteiger partial charge in [0.25, 0.3) is 0 Å². The van der Waals surface area contributed by atoms with Crippen molar-refractivity contribution >= 4 is 0 Å². The number of unbranched alkanes of at least 4 members (excludes halogenated alkanes) is 4. The molecule has 0 saturated heterocycles. The molecule has 0 radical (unpaired) electrons. The maximum absolute atomic E-state index is 9.04. The second-order valence-electron chi connectivity index (χ2n) is 3.71. The van der Waals surface area contributed by atoms with E-state index in [1.807, 2.05) is 0 Å². The third kappa shape index (κ3) is 8.10. The summed E-state index contributed by atoms with van der Waals surface area (Å²) in [4.78, 5) is 0. The molecule has 0 aliphatic heterocycles. The number of aliphatic hydroxyl groups excluding tert-OH is 1. The topological polar surface area (TPSA) is 20.2 Å². The van der Waals surface area contributed by atoms with Gasteiger partial charge in [-0.1, -0.05) is 33.1 Å². The summed E-state index contributed by atoms with van der Waals surface area (Å²) in [7, 11) is 0. The molecule has 0 saturated carbocycles. The van der Waals surface area contributed by atoms with Crippen LogP contribution in [-0.2, 0) is 0 Å². The quantitative estimate of drug-likeness (QED) is 0.462. The average molecular weight is 196 g/mol. The summed E-state index contributed by atoms with van der Waals surface area (Å²) in [5, 5.41) is 9.04. The molecule has 0 aliphatic carbocycles. The number of aliphatic hydroxyl groups is 1. The van der Waals surface area contributed by atoms with Crippen molar-refractivity contribution in [2.45, 2.75) is 58.8 Å². The molecule has 1 nitrogen and oxygen atoms in total. The van der Waals surface area contributed by atoms with Crippen molar-refractivity contribution in [2.75, 3.05) is 6.61 Å². The standard InChI is InChI=1S/C13H24O/c1-3-5-7-8-9-11-13(12-14)10-6-4-2/h9,14H,3-8,10,12H2,1-2H3. The van der Waals surface area contributed by atoms with Crippen LogP contribution in [0.2, 0.25) is 0 Å². The Kier molecular flexibility index (Phi) is 10.2. The van der Waals surface area contributed by atoms with Gasteiger partial charge >= 0.3 is 0 Å². The van der Waals surface area contributed by atoms with Gasteiger partial charge in [0.1, 0.15) is 0 Å². The van der Waals surface area contributed by atoms with Gasteiger partial charge in [0, 0.05) is 0 Å². The smallest absolute Gasteiger partial charge is 0.0715 e. The van der Waals surface area contributed by atoms with Crippen LogP contribution >= 0.6 is 0 Å². The van der Waals surface area contributed by atoms with E-state index in [-0.39, 0.29) is 6.61 Å². The lowest BCUT2D eigenvalue weighted by atomic mass is 10.1. The normalized spacial score (nSPS) is 9.64. The molecule has 0 aromatic carbocycles. The zero-order valence-corrected chi connectivity index (χ0v) is 9.68. The fourth-order valence-electron chi connectivity index (χ4n) is 1.30. The van der Waals surface area contributed by atoms with E-state index < -0.39 is 0 Å². The van der Waals surface area contributed by atoms with Gasteiger partial charge in [-0.15, -0.1) is 5.73 Å². The second kappa shape index (κ2) is 10.6. The van der Waals surface area contributed by atoms with Gasteiger partial charge in [0.05, 0.1) is 6.61 Å². The molecule has 0 unspecified atom stereocenters. The van der Waals surface area contributed by atoms with Gasteiger partial charge < -0.3 is 5.11 Å². The lowest BCUT2D eigenvalue weighted by molar-refractivity contribution is 0.326. The van der Waals surface area contributed by atoms with Crippen molar-refractivity contribution < 1.29 is 5.11 Å². The van der Waals surface area contributed by atoms with Crippen LogP contribution in [0.4, 0.5) is 0 Å². The molecule has 0 atom stereocenters. The lowest BCUT2D eigenvalue weighted by Gasteiger charge is -1.97. The predicted octanol–water partition coefficient (Wildman–Crippen LogP) is 3.83. The van der Waals surface area contributed by atoms with Crippen molar-refractivity contribution in [1.29, 1.82) is 0 Å². The first-order chi connectivity index (χ1) is 6.85. The summed E-state index contributed by atoms with van der Waals surface area (Å²) < 4.78 is 0. The minimum atomic E-state index is 0.171. The zero-order chi connectivity index (χ0) is 10.6. The summed E-state index contributed by atoms with van der Waals surface area (Å²) >= 11 is 0. The van der Waals surface area contributed by atoms with E-state index >= 15 is 0 Å².